The number of carbonyl (C=O) groups excluding carboxylic acids is 6. The highest BCUT2D eigenvalue weighted by Gasteiger charge is 2.29. The molecule has 0 aliphatic carbocycles. The van der Waals surface area contributed by atoms with E-state index in [1.807, 2.05) is 53.9 Å². The number of carbonyl (C=O) groups is 2. The van der Waals surface area contributed by atoms with Gasteiger partial charge in [0, 0.05) is 59.5 Å². The second-order valence-corrected chi connectivity index (χ2v) is 17.1. The molecular formula is C39H52N6O8S2. The van der Waals surface area contributed by atoms with Crippen LogP contribution in [0.4, 0.5) is 9.59 Å². The van der Waals surface area contributed by atoms with Crippen LogP contribution < -0.4 is 0 Å². The molecule has 0 saturated carbocycles. The highest BCUT2D eigenvalue weighted by atomic mass is 32.1. The lowest BCUT2D eigenvalue weighted by atomic mass is 10.1. The molecule has 298 valence electrons. The molecule has 0 unspecified atom stereocenters. The maximum atomic E-state index is 12.2. The van der Waals surface area contributed by atoms with Crippen molar-refractivity contribution >= 4 is 47.2 Å². The van der Waals surface area contributed by atoms with Crippen LogP contribution in [-0.2, 0) is 28.7 Å². The SMILES string of the molecule is Cc1ccsc1-c1cnn(C2CCN(C(=O)OC(C)(C)C)CC2)c1.Cc1csc(-c2cnn(C3CCN(C(=O)OC(C)(C)C)CC3)c2)c1C.O=C=O.O=C=O. The van der Waals surface area contributed by atoms with E-state index in [9.17, 15) is 9.59 Å². The quantitative estimate of drug-likeness (QED) is 0.197. The number of hydrogen-bond donors (Lipinski definition) is 0. The van der Waals surface area contributed by atoms with Crippen LogP contribution >= 0.6 is 22.7 Å². The van der Waals surface area contributed by atoms with E-state index in [0.717, 1.165) is 25.7 Å². The van der Waals surface area contributed by atoms with E-state index in [0.29, 0.717) is 38.3 Å². The Labute approximate surface area is 330 Å². The van der Waals surface area contributed by atoms with Gasteiger partial charge in [-0.1, -0.05) is 0 Å². The minimum atomic E-state index is -0.443. The fraction of sp³-hybridized carbons (Fsp3) is 0.538. The number of nitrogens with zero attached hydrogens (tertiary/aromatic N) is 6. The van der Waals surface area contributed by atoms with Gasteiger partial charge in [-0.2, -0.15) is 29.4 Å². The predicted molar refractivity (Wildman–Crippen MR) is 207 cm³/mol. The first-order valence-corrected chi connectivity index (χ1v) is 19.8. The molecule has 2 fully saturated rings. The third-order valence-electron chi connectivity index (χ3n) is 8.86. The summed E-state index contributed by atoms with van der Waals surface area (Å²) in [4.78, 5) is 63.0. The summed E-state index contributed by atoms with van der Waals surface area (Å²) in [5.41, 5.74) is 5.44. The molecule has 4 aromatic rings. The Morgan fingerprint density at radius 3 is 1.40 bits per heavy atom. The van der Waals surface area contributed by atoms with Gasteiger partial charge in [-0.3, -0.25) is 9.36 Å². The molecule has 0 spiro atoms. The molecule has 0 bridgehead atoms. The van der Waals surface area contributed by atoms with E-state index in [-0.39, 0.29) is 24.5 Å². The van der Waals surface area contributed by atoms with Gasteiger partial charge in [0.05, 0.1) is 24.5 Å². The van der Waals surface area contributed by atoms with Crippen molar-refractivity contribution in [3.8, 4) is 20.9 Å². The number of hydrogen-bond acceptors (Lipinski definition) is 12. The number of piperidine rings is 2. The summed E-state index contributed by atoms with van der Waals surface area (Å²) in [5.74, 6) is 0. The summed E-state index contributed by atoms with van der Waals surface area (Å²) >= 11 is 3.53. The maximum Gasteiger partial charge on any atom is 0.410 e. The molecular weight excluding hydrogens is 745 g/mol. The average molecular weight is 797 g/mol. The monoisotopic (exact) mass is 796 g/mol. The Hall–Kier alpha value is -4.88. The molecule has 0 atom stereocenters. The van der Waals surface area contributed by atoms with Crippen molar-refractivity contribution < 1.29 is 38.2 Å². The molecule has 2 saturated heterocycles. The van der Waals surface area contributed by atoms with Crippen LogP contribution in [0.5, 0.6) is 0 Å². The number of aryl methyl sites for hydroxylation is 2. The number of likely N-dealkylation sites (tertiary alicyclic amines) is 2. The van der Waals surface area contributed by atoms with Crippen molar-refractivity contribution in [3.63, 3.8) is 0 Å². The smallest absolute Gasteiger partial charge is 0.410 e. The van der Waals surface area contributed by atoms with E-state index in [1.165, 1.54) is 37.6 Å². The Balaban J connectivity index is 0.000000259. The third-order valence-corrected chi connectivity index (χ3v) is 11.2. The first kappa shape index (κ1) is 44.5. The van der Waals surface area contributed by atoms with Crippen molar-refractivity contribution in [2.45, 2.75) is 111 Å². The summed E-state index contributed by atoms with van der Waals surface area (Å²) in [5, 5.41) is 13.4. The maximum absolute atomic E-state index is 12.2. The van der Waals surface area contributed by atoms with Gasteiger partial charge in [0.2, 0.25) is 0 Å². The zero-order valence-corrected chi connectivity index (χ0v) is 34.8. The highest BCUT2D eigenvalue weighted by molar-refractivity contribution is 7.14. The number of rotatable bonds is 4. The summed E-state index contributed by atoms with van der Waals surface area (Å²) in [6.07, 6.45) is 11.9. The average Bonchev–Trinajstić information content (AvgIpc) is 3.93. The highest BCUT2D eigenvalue weighted by Crippen LogP contribution is 2.34. The Kier molecular flexibility index (Phi) is 16.3. The van der Waals surface area contributed by atoms with Crippen LogP contribution in [0.2, 0.25) is 0 Å². The van der Waals surface area contributed by atoms with Crippen LogP contribution in [0.3, 0.4) is 0 Å². The second-order valence-electron chi connectivity index (χ2n) is 15.3. The van der Waals surface area contributed by atoms with Gasteiger partial charge in [-0.05, 0) is 122 Å². The van der Waals surface area contributed by atoms with Gasteiger partial charge in [-0.15, -0.1) is 22.7 Å². The second kappa shape index (κ2) is 20.2. The normalized spacial score (nSPS) is 14.9. The number of aromatic nitrogens is 4. The molecule has 2 amide bonds. The van der Waals surface area contributed by atoms with Crippen LogP contribution in [0.1, 0.15) is 96.0 Å². The molecule has 4 aromatic heterocycles. The standard InChI is InChI=1S/C19H27N3O2S.C18H25N3O2S.2CO2/c1-13-12-25-17(14(13)2)15-10-20-22(11-15)16-6-8-21(9-7-16)18(23)24-19(3,4)5;1-13-7-10-24-16(13)14-11-19-21(12-14)15-5-8-20(9-6-15)17(22)23-18(2,3)4;2*2-1-3/h10-12,16H,6-9H2,1-5H3;7,10-12,15H,5-6,8-9H2,1-4H3;;. The number of ether oxygens (including phenoxy) is 2. The number of thiophene rings is 2. The van der Waals surface area contributed by atoms with Crippen LogP contribution in [-0.4, -0.2) is 91.2 Å². The van der Waals surface area contributed by atoms with Crippen molar-refractivity contribution in [1.29, 1.82) is 0 Å². The Morgan fingerprint density at radius 1 is 0.673 bits per heavy atom. The van der Waals surface area contributed by atoms with E-state index in [1.54, 1.807) is 32.5 Å². The van der Waals surface area contributed by atoms with Gasteiger partial charge >= 0.3 is 24.5 Å². The summed E-state index contributed by atoms with van der Waals surface area (Å²) < 4.78 is 15.0. The van der Waals surface area contributed by atoms with Crippen molar-refractivity contribution in [3.05, 3.63) is 58.3 Å². The van der Waals surface area contributed by atoms with Crippen molar-refractivity contribution in [2.24, 2.45) is 0 Å². The first-order valence-electron chi connectivity index (χ1n) is 18.0. The minimum Gasteiger partial charge on any atom is -0.444 e. The van der Waals surface area contributed by atoms with E-state index < -0.39 is 11.2 Å². The molecule has 0 radical (unpaired) electrons. The lowest BCUT2D eigenvalue weighted by Crippen LogP contribution is -2.42. The minimum absolute atomic E-state index is 0.211. The summed E-state index contributed by atoms with van der Waals surface area (Å²) in [7, 11) is 0. The lowest BCUT2D eigenvalue weighted by Gasteiger charge is -2.33. The summed E-state index contributed by atoms with van der Waals surface area (Å²) in [6.45, 7) is 20.7. The fourth-order valence-electron chi connectivity index (χ4n) is 6.05. The first-order chi connectivity index (χ1) is 25.9. The van der Waals surface area contributed by atoms with Crippen molar-refractivity contribution in [2.75, 3.05) is 26.2 Å². The van der Waals surface area contributed by atoms with Gasteiger partial charge in [0.1, 0.15) is 11.2 Å². The van der Waals surface area contributed by atoms with Crippen molar-refractivity contribution in [1.82, 2.24) is 29.4 Å². The number of amides is 2. The molecule has 2 aliphatic heterocycles. The van der Waals surface area contributed by atoms with E-state index in [2.05, 4.69) is 69.6 Å². The Bertz CT molecular complexity index is 1890. The lowest BCUT2D eigenvalue weighted by molar-refractivity contribution is -0.193. The van der Waals surface area contributed by atoms with Gasteiger partial charge in [-0.25, -0.2) is 9.59 Å². The van der Waals surface area contributed by atoms with Gasteiger partial charge < -0.3 is 19.3 Å². The zero-order chi connectivity index (χ0) is 40.9. The topological polar surface area (TPSA) is 163 Å². The predicted octanol–water partition coefficient (Wildman–Crippen LogP) is 8.13. The zero-order valence-electron chi connectivity index (χ0n) is 33.1. The van der Waals surface area contributed by atoms with E-state index in [4.69, 9.17) is 28.7 Å². The van der Waals surface area contributed by atoms with Crippen LogP contribution in [0.15, 0.2) is 41.6 Å². The molecule has 0 aromatic carbocycles. The molecule has 0 N–H and O–H groups in total. The third kappa shape index (κ3) is 13.4. The van der Waals surface area contributed by atoms with Crippen LogP contribution in [0.25, 0.3) is 20.9 Å². The molecule has 14 nitrogen and oxygen atoms in total. The largest absolute Gasteiger partial charge is 0.444 e. The Morgan fingerprint density at radius 2 is 1.07 bits per heavy atom. The molecule has 2 aliphatic rings. The molecule has 16 heteroatoms. The summed E-state index contributed by atoms with van der Waals surface area (Å²) in [6, 6.07) is 2.82. The molecule has 6 heterocycles. The van der Waals surface area contributed by atoms with Crippen LogP contribution in [0, 0.1) is 20.8 Å². The fourth-order valence-corrected chi connectivity index (χ4v) is 8.00. The molecule has 55 heavy (non-hydrogen) atoms. The van der Waals surface area contributed by atoms with Gasteiger partial charge in [0.25, 0.3) is 0 Å². The van der Waals surface area contributed by atoms with E-state index >= 15 is 0 Å². The molecule has 6 rings (SSSR count). The van der Waals surface area contributed by atoms with Gasteiger partial charge in [0.15, 0.2) is 0 Å².